The van der Waals surface area contributed by atoms with Crippen molar-refractivity contribution in [3.8, 4) is 5.75 Å². The number of nitrogens with one attached hydrogen (secondary N) is 2. The van der Waals surface area contributed by atoms with Gasteiger partial charge in [-0.25, -0.2) is 4.79 Å². The van der Waals surface area contributed by atoms with Gasteiger partial charge in [0.05, 0.1) is 7.11 Å². The van der Waals surface area contributed by atoms with E-state index in [2.05, 4.69) is 10.6 Å². The highest BCUT2D eigenvalue weighted by Gasteiger charge is 2.04. The minimum absolute atomic E-state index is 0.00313. The largest absolute Gasteiger partial charge is 0.497 e. The summed E-state index contributed by atoms with van der Waals surface area (Å²) in [4.78, 5) is 11.5. The number of carbonyl (C=O) groups excluding carboxylic acids is 1. The Bertz CT molecular complexity index is 351. The lowest BCUT2D eigenvalue weighted by molar-refractivity contribution is 0.251. The molecule has 0 saturated carbocycles. The average molecular weight is 237 g/mol. The van der Waals surface area contributed by atoms with Gasteiger partial charge in [0.1, 0.15) is 5.75 Å². The third-order valence-corrected chi connectivity index (χ3v) is 2.40. The Balaban J connectivity index is 2.39. The van der Waals surface area contributed by atoms with Crippen molar-refractivity contribution < 1.29 is 9.53 Å². The number of benzene rings is 1. The van der Waals surface area contributed by atoms with Crippen LogP contribution in [0.1, 0.15) is 13.3 Å². The molecule has 0 aromatic heterocycles. The molecule has 0 aliphatic carbocycles. The fourth-order valence-corrected chi connectivity index (χ4v) is 1.22. The first-order chi connectivity index (χ1) is 8.15. The number of nitrogens with two attached hydrogens (primary N) is 1. The fourth-order valence-electron chi connectivity index (χ4n) is 1.22. The summed E-state index contributed by atoms with van der Waals surface area (Å²) in [5, 5.41) is 5.42. The van der Waals surface area contributed by atoms with Crippen LogP contribution in [0.25, 0.3) is 0 Å². The predicted octanol–water partition coefficient (Wildman–Crippen LogP) is 1.55. The van der Waals surface area contributed by atoms with Crippen LogP contribution in [0.2, 0.25) is 0 Å². The normalized spacial score (nSPS) is 11.7. The highest BCUT2D eigenvalue weighted by atomic mass is 16.5. The number of rotatable bonds is 5. The minimum Gasteiger partial charge on any atom is -0.497 e. The summed E-state index contributed by atoms with van der Waals surface area (Å²) in [6.45, 7) is 2.45. The number of hydrogen-bond acceptors (Lipinski definition) is 3. The van der Waals surface area contributed by atoms with Gasteiger partial charge < -0.3 is 21.1 Å². The van der Waals surface area contributed by atoms with Crippen molar-refractivity contribution in [2.45, 2.75) is 19.4 Å². The van der Waals surface area contributed by atoms with E-state index in [1.165, 1.54) is 0 Å². The standard InChI is InChI=1S/C12H19N3O2/c1-3-9(13)8-14-12(16)15-10-4-6-11(17-2)7-5-10/h4-7,9H,3,8,13H2,1-2H3,(H2,14,15,16). The number of urea groups is 1. The van der Waals surface area contributed by atoms with E-state index in [0.717, 1.165) is 12.2 Å². The molecule has 5 nitrogen and oxygen atoms in total. The van der Waals surface area contributed by atoms with E-state index in [0.29, 0.717) is 12.2 Å². The van der Waals surface area contributed by atoms with Crippen molar-refractivity contribution in [3.05, 3.63) is 24.3 Å². The zero-order valence-corrected chi connectivity index (χ0v) is 10.2. The molecular weight excluding hydrogens is 218 g/mol. The molecule has 2 amide bonds. The summed E-state index contributed by atoms with van der Waals surface area (Å²) < 4.78 is 5.02. The maximum absolute atomic E-state index is 11.5. The highest BCUT2D eigenvalue weighted by molar-refractivity contribution is 5.89. The van der Waals surface area contributed by atoms with E-state index in [9.17, 15) is 4.79 Å². The Morgan fingerprint density at radius 1 is 1.41 bits per heavy atom. The summed E-state index contributed by atoms with van der Waals surface area (Å²) in [5.74, 6) is 0.754. The van der Waals surface area contributed by atoms with Crippen LogP contribution in [0.4, 0.5) is 10.5 Å². The predicted molar refractivity (Wildman–Crippen MR) is 68.3 cm³/mol. The first-order valence-corrected chi connectivity index (χ1v) is 5.60. The van der Waals surface area contributed by atoms with E-state index in [1.807, 2.05) is 6.92 Å². The Hall–Kier alpha value is -1.75. The summed E-state index contributed by atoms with van der Waals surface area (Å²) in [5.41, 5.74) is 6.41. The topological polar surface area (TPSA) is 76.4 Å². The van der Waals surface area contributed by atoms with Gasteiger partial charge in [0.15, 0.2) is 0 Å². The van der Waals surface area contributed by atoms with Crippen LogP contribution < -0.4 is 21.1 Å². The summed E-state index contributed by atoms with van der Waals surface area (Å²) in [6.07, 6.45) is 0.836. The molecule has 0 fully saturated rings. The zero-order chi connectivity index (χ0) is 12.7. The maximum Gasteiger partial charge on any atom is 0.319 e. The Labute approximate surface area is 101 Å². The molecule has 0 saturated heterocycles. The van der Waals surface area contributed by atoms with Gasteiger partial charge in [-0.15, -0.1) is 0 Å². The minimum atomic E-state index is -0.251. The van der Waals surface area contributed by atoms with Crippen LogP contribution in [0.5, 0.6) is 5.75 Å². The van der Waals surface area contributed by atoms with Crippen LogP contribution in [-0.2, 0) is 0 Å². The average Bonchev–Trinajstić information content (AvgIpc) is 2.36. The number of hydrogen-bond donors (Lipinski definition) is 3. The number of carbonyl (C=O) groups is 1. The molecule has 17 heavy (non-hydrogen) atoms. The molecule has 0 heterocycles. The SMILES string of the molecule is CCC(N)CNC(=O)Nc1ccc(OC)cc1. The molecule has 0 bridgehead atoms. The van der Waals surface area contributed by atoms with Gasteiger partial charge in [-0.1, -0.05) is 6.92 Å². The molecule has 1 rings (SSSR count). The van der Waals surface area contributed by atoms with Gasteiger partial charge in [0.2, 0.25) is 0 Å². The van der Waals surface area contributed by atoms with Crippen molar-refractivity contribution in [2.75, 3.05) is 19.0 Å². The monoisotopic (exact) mass is 237 g/mol. The van der Waals surface area contributed by atoms with Crippen molar-refractivity contribution in [3.63, 3.8) is 0 Å². The number of anilines is 1. The quantitative estimate of drug-likeness (QED) is 0.727. The second kappa shape index (κ2) is 6.75. The summed E-state index contributed by atoms with van der Waals surface area (Å²) in [6, 6.07) is 6.87. The van der Waals surface area contributed by atoms with Gasteiger partial charge >= 0.3 is 6.03 Å². The highest BCUT2D eigenvalue weighted by Crippen LogP contribution is 2.14. The van der Waals surface area contributed by atoms with E-state index in [1.54, 1.807) is 31.4 Å². The maximum atomic E-state index is 11.5. The van der Waals surface area contributed by atoms with Gasteiger partial charge in [-0.05, 0) is 30.7 Å². The lowest BCUT2D eigenvalue weighted by atomic mass is 10.2. The fraction of sp³-hybridized carbons (Fsp3) is 0.417. The third kappa shape index (κ3) is 4.74. The van der Waals surface area contributed by atoms with Crippen LogP contribution in [-0.4, -0.2) is 25.7 Å². The number of ether oxygens (including phenoxy) is 1. The van der Waals surface area contributed by atoms with Crippen molar-refractivity contribution in [1.29, 1.82) is 0 Å². The van der Waals surface area contributed by atoms with Crippen LogP contribution in [0.15, 0.2) is 24.3 Å². The summed E-state index contributed by atoms with van der Waals surface area (Å²) >= 11 is 0. The molecule has 0 radical (unpaired) electrons. The lowest BCUT2D eigenvalue weighted by Crippen LogP contribution is -2.38. The van der Waals surface area contributed by atoms with Crippen molar-refractivity contribution in [1.82, 2.24) is 5.32 Å². The molecule has 0 spiro atoms. The van der Waals surface area contributed by atoms with E-state index >= 15 is 0 Å². The van der Waals surface area contributed by atoms with Gasteiger partial charge in [-0.2, -0.15) is 0 Å². The number of methoxy groups -OCH3 is 1. The van der Waals surface area contributed by atoms with Gasteiger partial charge in [0, 0.05) is 18.3 Å². The first-order valence-electron chi connectivity index (χ1n) is 5.60. The van der Waals surface area contributed by atoms with E-state index in [4.69, 9.17) is 10.5 Å². The van der Waals surface area contributed by atoms with Gasteiger partial charge in [-0.3, -0.25) is 0 Å². The molecule has 94 valence electrons. The summed E-state index contributed by atoms with van der Waals surface area (Å²) in [7, 11) is 1.60. The Kier molecular flexibility index (Phi) is 5.29. The molecule has 0 aliphatic heterocycles. The molecule has 4 N–H and O–H groups in total. The Morgan fingerprint density at radius 3 is 2.59 bits per heavy atom. The molecule has 1 unspecified atom stereocenters. The molecule has 5 heteroatoms. The van der Waals surface area contributed by atoms with E-state index < -0.39 is 0 Å². The smallest absolute Gasteiger partial charge is 0.319 e. The molecule has 0 aliphatic rings. The lowest BCUT2D eigenvalue weighted by Gasteiger charge is -2.11. The molecule has 1 aromatic carbocycles. The van der Waals surface area contributed by atoms with E-state index in [-0.39, 0.29) is 12.1 Å². The van der Waals surface area contributed by atoms with Crippen LogP contribution >= 0.6 is 0 Å². The Morgan fingerprint density at radius 2 is 2.06 bits per heavy atom. The molecular formula is C12H19N3O2. The van der Waals surface area contributed by atoms with Crippen LogP contribution in [0.3, 0.4) is 0 Å². The number of amides is 2. The molecule has 1 aromatic rings. The second-order valence-corrected chi connectivity index (χ2v) is 3.73. The molecule has 1 atom stereocenters. The second-order valence-electron chi connectivity index (χ2n) is 3.73. The van der Waals surface area contributed by atoms with Gasteiger partial charge in [0.25, 0.3) is 0 Å². The zero-order valence-electron chi connectivity index (χ0n) is 10.2. The first kappa shape index (κ1) is 13.3. The van der Waals surface area contributed by atoms with Crippen molar-refractivity contribution >= 4 is 11.7 Å². The van der Waals surface area contributed by atoms with Crippen LogP contribution in [0, 0.1) is 0 Å². The van der Waals surface area contributed by atoms with Crippen molar-refractivity contribution in [2.24, 2.45) is 5.73 Å². The third-order valence-electron chi connectivity index (χ3n) is 2.40.